The minimum Gasteiger partial charge on any atom is -0.321 e. The lowest BCUT2D eigenvalue weighted by atomic mass is 10.0. The summed E-state index contributed by atoms with van der Waals surface area (Å²) >= 11 is 1.50. The lowest BCUT2D eigenvalue weighted by Crippen LogP contribution is -2.30. The summed E-state index contributed by atoms with van der Waals surface area (Å²) in [5, 5.41) is 7.53. The SMILES string of the molecule is CCC(Sc1ccc(NC(=O)/C(=C/c2ccc(-c3ccccc3)cc2)NC(=O)c2ccccc2)cc1)C(=O)n1c2ccccc2c2ccccc21. The molecule has 0 aliphatic carbocycles. The molecule has 6 nitrogen and oxygen atoms in total. The standard InChI is InChI=1S/C44H35N3O3S/c1-2-41(44(50)47-39-19-11-9-17-36(39)37-18-10-12-20-40(37)47)51-35-27-25-34(26-28-35)45-43(49)38(46-42(48)33-15-7-4-8-16-33)29-30-21-23-32(24-22-30)31-13-5-3-6-14-31/h3-29,41H,2H2,1H3,(H,45,49)(H,46,48)/b38-29-. The minimum atomic E-state index is -0.459. The van der Waals surface area contributed by atoms with Gasteiger partial charge in [-0.15, -0.1) is 11.8 Å². The van der Waals surface area contributed by atoms with E-state index >= 15 is 0 Å². The fourth-order valence-corrected chi connectivity index (χ4v) is 7.10. The molecule has 6 aromatic carbocycles. The summed E-state index contributed by atoms with van der Waals surface area (Å²) < 4.78 is 1.84. The lowest BCUT2D eigenvalue weighted by molar-refractivity contribution is -0.113. The molecule has 0 aliphatic rings. The van der Waals surface area contributed by atoms with Crippen molar-refractivity contribution in [3.8, 4) is 11.1 Å². The zero-order valence-corrected chi connectivity index (χ0v) is 28.8. The summed E-state index contributed by atoms with van der Waals surface area (Å²) in [6, 6.07) is 50.1. The molecule has 0 bridgehead atoms. The zero-order valence-electron chi connectivity index (χ0n) is 28.0. The van der Waals surface area contributed by atoms with Crippen LogP contribution in [0.25, 0.3) is 39.0 Å². The van der Waals surface area contributed by atoms with Gasteiger partial charge in [0.15, 0.2) is 0 Å². The Morgan fingerprint density at radius 3 is 1.80 bits per heavy atom. The molecule has 51 heavy (non-hydrogen) atoms. The highest BCUT2D eigenvalue weighted by Gasteiger charge is 2.24. The Kier molecular flexibility index (Phi) is 9.90. The number of hydrogen-bond donors (Lipinski definition) is 2. The van der Waals surface area contributed by atoms with Crippen LogP contribution in [0.4, 0.5) is 5.69 Å². The number of carbonyl (C=O) groups is 3. The average Bonchev–Trinajstić information content (AvgIpc) is 3.52. The second kappa shape index (κ2) is 15.2. The van der Waals surface area contributed by atoms with Crippen molar-refractivity contribution in [2.45, 2.75) is 23.5 Å². The maximum Gasteiger partial charge on any atom is 0.272 e. The zero-order chi connectivity index (χ0) is 35.2. The third-order valence-corrected chi connectivity index (χ3v) is 10.1. The number of aromatic nitrogens is 1. The van der Waals surface area contributed by atoms with Gasteiger partial charge in [0.1, 0.15) is 5.70 Å². The van der Waals surface area contributed by atoms with Crippen molar-refractivity contribution in [2.24, 2.45) is 0 Å². The molecule has 7 rings (SSSR count). The number of benzene rings is 6. The molecule has 0 aliphatic heterocycles. The van der Waals surface area contributed by atoms with Gasteiger partial charge in [-0.25, -0.2) is 0 Å². The van der Waals surface area contributed by atoms with E-state index in [1.807, 2.05) is 133 Å². The number of amides is 2. The van der Waals surface area contributed by atoms with Crippen LogP contribution in [0.5, 0.6) is 0 Å². The third-order valence-electron chi connectivity index (χ3n) is 8.69. The van der Waals surface area contributed by atoms with Crippen LogP contribution in [0.3, 0.4) is 0 Å². The predicted molar refractivity (Wildman–Crippen MR) is 209 cm³/mol. The van der Waals surface area contributed by atoms with Crippen molar-refractivity contribution in [3.63, 3.8) is 0 Å². The van der Waals surface area contributed by atoms with Gasteiger partial charge in [-0.1, -0.05) is 116 Å². The Hall–Kier alpha value is -6.18. The van der Waals surface area contributed by atoms with E-state index in [0.717, 1.165) is 43.4 Å². The van der Waals surface area contributed by atoms with Crippen molar-refractivity contribution >= 4 is 63.1 Å². The van der Waals surface area contributed by atoms with E-state index in [1.165, 1.54) is 11.8 Å². The van der Waals surface area contributed by atoms with Gasteiger partial charge in [-0.2, -0.15) is 0 Å². The molecular weight excluding hydrogens is 651 g/mol. The van der Waals surface area contributed by atoms with E-state index in [9.17, 15) is 14.4 Å². The van der Waals surface area contributed by atoms with Crippen LogP contribution >= 0.6 is 11.8 Å². The molecular formula is C44H35N3O3S. The molecule has 0 radical (unpaired) electrons. The van der Waals surface area contributed by atoms with Crippen LogP contribution in [0, 0.1) is 0 Å². The maximum absolute atomic E-state index is 14.0. The Bertz CT molecular complexity index is 2310. The predicted octanol–water partition coefficient (Wildman–Crippen LogP) is 10.1. The number of thioether (sulfide) groups is 1. The molecule has 2 N–H and O–H groups in total. The molecule has 1 aromatic heterocycles. The first-order valence-corrected chi connectivity index (χ1v) is 17.7. The van der Waals surface area contributed by atoms with E-state index in [1.54, 1.807) is 30.3 Å². The van der Waals surface area contributed by atoms with Gasteiger partial charge in [-0.3, -0.25) is 19.0 Å². The quantitative estimate of drug-likeness (QED) is 0.111. The number of anilines is 1. The first-order valence-electron chi connectivity index (χ1n) is 16.8. The van der Waals surface area contributed by atoms with Crippen LogP contribution < -0.4 is 10.6 Å². The van der Waals surface area contributed by atoms with Crippen molar-refractivity contribution in [3.05, 3.63) is 175 Å². The second-order valence-corrected chi connectivity index (χ2v) is 13.3. The van der Waals surface area contributed by atoms with E-state index in [2.05, 4.69) is 22.8 Å². The molecule has 0 saturated heterocycles. The Morgan fingerprint density at radius 2 is 1.20 bits per heavy atom. The summed E-state index contributed by atoms with van der Waals surface area (Å²) in [6.45, 7) is 2.02. The molecule has 7 heteroatoms. The molecule has 250 valence electrons. The third kappa shape index (κ3) is 7.39. The first kappa shape index (κ1) is 33.3. The summed E-state index contributed by atoms with van der Waals surface area (Å²) in [6.07, 6.45) is 2.31. The maximum atomic E-state index is 14.0. The number of hydrogen-bond acceptors (Lipinski definition) is 4. The van der Waals surface area contributed by atoms with Crippen LogP contribution in [0.2, 0.25) is 0 Å². The highest BCUT2D eigenvalue weighted by molar-refractivity contribution is 8.00. The number of nitrogens with one attached hydrogen (secondary N) is 2. The van der Waals surface area contributed by atoms with Crippen LogP contribution in [-0.4, -0.2) is 27.5 Å². The minimum absolute atomic E-state index is 0.0259. The monoisotopic (exact) mass is 685 g/mol. The van der Waals surface area contributed by atoms with E-state index in [0.29, 0.717) is 17.7 Å². The Balaban J connectivity index is 1.09. The van der Waals surface area contributed by atoms with Gasteiger partial charge in [0.25, 0.3) is 11.8 Å². The Morgan fingerprint density at radius 1 is 0.647 bits per heavy atom. The number of fused-ring (bicyclic) bond motifs is 3. The summed E-state index contributed by atoms with van der Waals surface area (Å²) in [5.74, 6) is -0.819. The smallest absolute Gasteiger partial charge is 0.272 e. The number of nitrogens with zero attached hydrogens (tertiary/aromatic N) is 1. The molecule has 1 atom stereocenters. The molecule has 0 spiro atoms. The van der Waals surface area contributed by atoms with Crippen LogP contribution in [0.15, 0.2) is 168 Å². The second-order valence-electron chi connectivity index (χ2n) is 12.1. The molecule has 2 amide bonds. The average molecular weight is 686 g/mol. The highest BCUT2D eigenvalue weighted by atomic mass is 32.2. The van der Waals surface area contributed by atoms with Crippen molar-refractivity contribution in [1.29, 1.82) is 0 Å². The van der Waals surface area contributed by atoms with E-state index in [4.69, 9.17) is 0 Å². The highest BCUT2D eigenvalue weighted by Crippen LogP contribution is 2.33. The van der Waals surface area contributed by atoms with Gasteiger partial charge >= 0.3 is 0 Å². The normalized spacial score (nSPS) is 12.1. The summed E-state index contributed by atoms with van der Waals surface area (Å²) in [7, 11) is 0. The first-order chi connectivity index (χ1) is 25.0. The van der Waals surface area contributed by atoms with E-state index < -0.39 is 5.91 Å². The van der Waals surface area contributed by atoms with Crippen LogP contribution in [0.1, 0.15) is 34.1 Å². The molecule has 7 aromatic rings. The number of rotatable bonds is 10. The lowest BCUT2D eigenvalue weighted by Gasteiger charge is -2.16. The van der Waals surface area contributed by atoms with Crippen LogP contribution in [-0.2, 0) is 4.79 Å². The molecule has 1 heterocycles. The van der Waals surface area contributed by atoms with Crippen molar-refractivity contribution < 1.29 is 14.4 Å². The van der Waals surface area contributed by atoms with Gasteiger partial charge in [0, 0.05) is 26.9 Å². The van der Waals surface area contributed by atoms with Gasteiger partial charge in [0.2, 0.25) is 5.91 Å². The van der Waals surface area contributed by atoms with E-state index in [-0.39, 0.29) is 22.8 Å². The largest absolute Gasteiger partial charge is 0.321 e. The summed E-state index contributed by atoms with van der Waals surface area (Å²) in [4.78, 5) is 41.7. The molecule has 1 unspecified atom stereocenters. The summed E-state index contributed by atoms with van der Waals surface area (Å²) in [5.41, 5.74) is 5.81. The van der Waals surface area contributed by atoms with Crippen molar-refractivity contribution in [1.82, 2.24) is 9.88 Å². The van der Waals surface area contributed by atoms with Gasteiger partial charge in [0.05, 0.1) is 16.3 Å². The fraction of sp³-hybridized carbons (Fsp3) is 0.0682. The van der Waals surface area contributed by atoms with Gasteiger partial charge in [-0.05, 0) is 77.7 Å². The number of carbonyl (C=O) groups excluding carboxylic acids is 3. The van der Waals surface area contributed by atoms with Crippen molar-refractivity contribution in [2.75, 3.05) is 5.32 Å². The Labute approximate surface area is 300 Å². The molecule has 0 fully saturated rings. The topological polar surface area (TPSA) is 80.2 Å². The molecule has 0 saturated carbocycles. The number of para-hydroxylation sites is 2. The fourth-order valence-electron chi connectivity index (χ4n) is 6.10. The van der Waals surface area contributed by atoms with Gasteiger partial charge < -0.3 is 10.6 Å².